The normalized spacial score (nSPS) is 12.7. The lowest BCUT2D eigenvalue weighted by atomic mass is 10.0. The minimum Gasteiger partial charge on any atom is -0.507 e. The summed E-state index contributed by atoms with van der Waals surface area (Å²) in [5.41, 5.74) is 3.05. The Kier molecular flexibility index (Phi) is 3.67. The van der Waals surface area contributed by atoms with Crippen LogP contribution >= 0.6 is 0 Å². The number of nitrogens with zero attached hydrogens (tertiary/aromatic N) is 1. The largest absolute Gasteiger partial charge is 0.507 e. The molecule has 0 radical (unpaired) electrons. The molecule has 1 unspecified atom stereocenters. The van der Waals surface area contributed by atoms with Crippen molar-refractivity contribution in [2.75, 3.05) is 0 Å². The smallest absolute Gasteiger partial charge is 0.128 e. The molecule has 2 aromatic carbocycles. The van der Waals surface area contributed by atoms with Crippen LogP contribution in [0.5, 0.6) is 5.75 Å². The standard InChI is InChI=1S/C18H19NO2/c1-13(20)12-19-10-9-16-17(19)8-7-15(18(16)21)11-14-5-3-2-4-6-14/h2-10,13,20-21H,11-12H2,1H3. The second kappa shape index (κ2) is 5.62. The Labute approximate surface area is 124 Å². The van der Waals surface area contributed by atoms with Gasteiger partial charge in [-0.3, -0.25) is 0 Å². The molecule has 3 heteroatoms. The summed E-state index contributed by atoms with van der Waals surface area (Å²) in [5.74, 6) is 0.334. The van der Waals surface area contributed by atoms with Crippen LogP contribution in [0.1, 0.15) is 18.1 Å². The number of aromatic hydroxyl groups is 1. The third-order valence-corrected chi connectivity index (χ3v) is 3.71. The fourth-order valence-electron chi connectivity index (χ4n) is 2.70. The van der Waals surface area contributed by atoms with Crippen LogP contribution in [0.2, 0.25) is 0 Å². The first-order chi connectivity index (χ1) is 10.1. The molecule has 1 aromatic heterocycles. The Hall–Kier alpha value is -2.26. The van der Waals surface area contributed by atoms with Crippen molar-refractivity contribution in [2.24, 2.45) is 0 Å². The molecular formula is C18H19NO2. The van der Waals surface area contributed by atoms with Crippen molar-refractivity contribution in [3.63, 3.8) is 0 Å². The molecule has 3 aromatic rings. The highest BCUT2D eigenvalue weighted by atomic mass is 16.3. The van der Waals surface area contributed by atoms with E-state index in [9.17, 15) is 10.2 Å². The third kappa shape index (κ3) is 2.78. The zero-order chi connectivity index (χ0) is 14.8. The van der Waals surface area contributed by atoms with E-state index in [-0.39, 0.29) is 0 Å². The molecule has 3 nitrogen and oxygen atoms in total. The second-order valence-electron chi connectivity index (χ2n) is 5.49. The van der Waals surface area contributed by atoms with Gasteiger partial charge < -0.3 is 14.8 Å². The molecule has 0 saturated heterocycles. The molecule has 0 aliphatic heterocycles. The van der Waals surface area contributed by atoms with E-state index in [2.05, 4.69) is 12.1 Å². The zero-order valence-corrected chi connectivity index (χ0v) is 12.0. The van der Waals surface area contributed by atoms with Crippen molar-refractivity contribution in [3.05, 3.63) is 65.9 Å². The molecular weight excluding hydrogens is 262 g/mol. The number of aliphatic hydroxyl groups excluding tert-OH is 1. The number of hydrogen-bond donors (Lipinski definition) is 2. The molecule has 0 aliphatic carbocycles. The van der Waals surface area contributed by atoms with Gasteiger partial charge in [0.05, 0.1) is 11.6 Å². The first-order valence-electron chi connectivity index (χ1n) is 7.17. The van der Waals surface area contributed by atoms with Gasteiger partial charge in [-0.2, -0.15) is 0 Å². The zero-order valence-electron chi connectivity index (χ0n) is 12.0. The lowest BCUT2D eigenvalue weighted by molar-refractivity contribution is 0.175. The molecule has 3 rings (SSSR count). The van der Waals surface area contributed by atoms with Crippen molar-refractivity contribution in [2.45, 2.75) is 26.0 Å². The van der Waals surface area contributed by atoms with Gasteiger partial charge in [0.1, 0.15) is 5.75 Å². The minimum atomic E-state index is -0.410. The predicted molar refractivity (Wildman–Crippen MR) is 84.5 cm³/mol. The quantitative estimate of drug-likeness (QED) is 0.770. The molecule has 0 aliphatic rings. The van der Waals surface area contributed by atoms with Crippen LogP contribution in [0.4, 0.5) is 0 Å². The number of hydrogen-bond acceptors (Lipinski definition) is 2. The average Bonchev–Trinajstić information content (AvgIpc) is 2.86. The summed E-state index contributed by atoms with van der Waals surface area (Å²) in [4.78, 5) is 0. The summed E-state index contributed by atoms with van der Waals surface area (Å²) in [5, 5.41) is 20.8. The summed E-state index contributed by atoms with van der Waals surface area (Å²) >= 11 is 0. The van der Waals surface area contributed by atoms with E-state index < -0.39 is 6.10 Å². The number of fused-ring (bicyclic) bond motifs is 1. The van der Waals surface area contributed by atoms with Gasteiger partial charge >= 0.3 is 0 Å². The van der Waals surface area contributed by atoms with Crippen LogP contribution in [0.25, 0.3) is 10.9 Å². The minimum absolute atomic E-state index is 0.334. The van der Waals surface area contributed by atoms with Gasteiger partial charge in [0.2, 0.25) is 0 Å². The van der Waals surface area contributed by atoms with E-state index in [1.165, 1.54) is 5.56 Å². The molecule has 2 N–H and O–H groups in total. The highest BCUT2D eigenvalue weighted by Gasteiger charge is 2.11. The van der Waals surface area contributed by atoms with Crippen molar-refractivity contribution in [1.29, 1.82) is 0 Å². The lowest BCUT2D eigenvalue weighted by Crippen LogP contribution is -2.10. The molecule has 0 spiro atoms. The summed E-state index contributed by atoms with van der Waals surface area (Å²) in [7, 11) is 0. The van der Waals surface area contributed by atoms with E-state index in [0.29, 0.717) is 18.7 Å². The highest BCUT2D eigenvalue weighted by Crippen LogP contribution is 2.31. The third-order valence-electron chi connectivity index (χ3n) is 3.71. The number of rotatable bonds is 4. The van der Waals surface area contributed by atoms with Gasteiger partial charge in [-0.05, 0) is 30.2 Å². The molecule has 0 saturated carbocycles. The van der Waals surface area contributed by atoms with Gasteiger partial charge in [-0.15, -0.1) is 0 Å². The average molecular weight is 281 g/mol. The summed E-state index contributed by atoms with van der Waals surface area (Å²) in [6.07, 6.45) is 2.21. The molecule has 0 amide bonds. The Morgan fingerprint density at radius 1 is 1.05 bits per heavy atom. The SMILES string of the molecule is CC(O)Cn1ccc2c(O)c(Cc3ccccc3)ccc21. The van der Waals surface area contributed by atoms with E-state index >= 15 is 0 Å². The molecule has 108 valence electrons. The van der Waals surface area contributed by atoms with Crippen molar-refractivity contribution in [1.82, 2.24) is 4.57 Å². The van der Waals surface area contributed by atoms with Gasteiger partial charge in [-0.25, -0.2) is 0 Å². The molecule has 1 heterocycles. The monoisotopic (exact) mass is 281 g/mol. The van der Waals surface area contributed by atoms with Crippen LogP contribution < -0.4 is 0 Å². The first kappa shape index (κ1) is 13.7. The predicted octanol–water partition coefficient (Wildman–Crippen LogP) is 3.32. The Morgan fingerprint density at radius 3 is 2.52 bits per heavy atom. The van der Waals surface area contributed by atoms with E-state index in [1.807, 2.05) is 47.2 Å². The summed E-state index contributed by atoms with van der Waals surface area (Å²) < 4.78 is 1.96. The number of phenols is 1. The van der Waals surface area contributed by atoms with Gasteiger partial charge in [0.15, 0.2) is 0 Å². The van der Waals surface area contributed by atoms with Crippen LogP contribution in [0.15, 0.2) is 54.7 Å². The van der Waals surface area contributed by atoms with Crippen LogP contribution in [0.3, 0.4) is 0 Å². The Bertz CT molecular complexity index is 745. The van der Waals surface area contributed by atoms with Crippen LogP contribution in [-0.2, 0) is 13.0 Å². The van der Waals surface area contributed by atoms with Crippen molar-refractivity contribution >= 4 is 10.9 Å². The fourth-order valence-corrected chi connectivity index (χ4v) is 2.70. The van der Waals surface area contributed by atoms with Crippen molar-refractivity contribution < 1.29 is 10.2 Å². The Balaban J connectivity index is 1.97. The van der Waals surface area contributed by atoms with E-state index in [0.717, 1.165) is 16.5 Å². The molecule has 0 bridgehead atoms. The lowest BCUT2D eigenvalue weighted by Gasteiger charge is -2.10. The van der Waals surface area contributed by atoms with Crippen LogP contribution in [-0.4, -0.2) is 20.9 Å². The topological polar surface area (TPSA) is 45.4 Å². The van der Waals surface area contributed by atoms with Gasteiger partial charge in [0, 0.05) is 24.5 Å². The fraction of sp³-hybridized carbons (Fsp3) is 0.222. The Morgan fingerprint density at radius 2 is 1.81 bits per heavy atom. The number of benzene rings is 2. The van der Waals surface area contributed by atoms with Gasteiger partial charge in [0.25, 0.3) is 0 Å². The summed E-state index contributed by atoms with van der Waals surface area (Å²) in [6.45, 7) is 2.29. The molecule has 21 heavy (non-hydrogen) atoms. The number of aromatic nitrogens is 1. The maximum atomic E-state index is 10.5. The second-order valence-corrected chi connectivity index (χ2v) is 5.49. The molecule has 1 atom stereocenters. The summed E-state index contributed by atoms with van der Waals surface area (Å²) in [6, 6.07) is 16.0. The maximum absolute atomic E-state index is 10.5. The number of aliphatic hydroxyl groups is 1. The van der Waals surface area contributed by atoms with E-state index in [1.54, 1.807) is 6.92 Å². The number of phenolic OH excluding ortho intramolecular Hbond substituents is 1. The van der Waals surface area contributed by atoms with Gasteiger partial charge in [-0.1, -0.05) is 36.4 Å². The van der Waals surface area contributed by atoms with Crippen LogP contribution in [0, 0.1) is 0 Å². The van der Waals surface area contributed by atoms with E-state index in [4.69, 9.17) is 0 Å². The maximum Gasteiger partial charge on any atom is 0.128 e. The molecule has 0 fully saturated rings. The highest BCUT2D eigenvalue weighted by molar-refractivity contribution is 5.87. The first-order valence-corrected chi connectivity index (χ1v) is 7.17. The van der Waals surface area contributed by atoms with Crippen molar-refractivity contribution in [3.8, 4) is 5.75 Å².